The third kappa shape index (κ3) is 4.60. The average molecular weight is 241 g/mol. The van der Waals surface area contributed by atoms with Gasteiger partial charge in [0.2, 0.25) is 5.91 Å². The summed E-state index contributed by atoms with van der Waals surface area (Å²) < 4.78 is 1.35. The minimum Gasteiger partial charge on any atom is -0.481 e. The second-order valence-electron chi connectivity index (χ2n) is 3.68. The molecule has 0 saturated carbocycles. The number of carbonyl (C=O) groups is 2. The summed E-state index contributed by atoms with van der Waals surface area (Å²) >= 11 is 0. The number of carboxylic acids is 1. The Morgan fingerprint density at radius 1 is 1.65 bits per heavy atom. The summed E-state index contributed by atoms with van der Waals surface area (Å²) in [6.45, 7) is 1.88. The molecule has 0 radical (unpaired) electrons. The summed E-state index contributed by atoms with van der Waals surface area (Å²) in [5.74, 6) is -1.27. The number of nitrogens with zero attached hydrogens (tertiary/aromatic N) is 3. The third-order valence-corrected chi connectivity index (χ3v) is 1.99. The molecule has 17 heavy (non-hydrogen) atoms. The molecule has 8 nitrogen and oxygen atoms in total. The molecule has 1 aromatic rings. The second kappa shape index (κ2) is 5.94. The molecular formula is C9H15N5O3. The zero-order valence-electron chi connectivity index (χ0n) is 9.46. The zero-order valence-corrected chi connectivity index (χ0v) is 9.46. The Labute approximate surface area is 97.8 Å². The van der Waals surface area contributed by atoms with E-state index in [1.54, 1.807) is 13.1 Å². The monoisotopic (exact) mass is 241 g/mol. The van der Waals surface area contributed by atoms with E-state index in [-0.39, 0.29) is 25.4 Å². The molecule has 0 aromatic carbocycles. The predicted molar refractivity (Wildman–Crippen MR) is 57.8 cm³/mol. The minimum absolute atomic E-state index is 0.00302. The molecule has 0 aliphatic rings. The van der Waals surface area contributed by atoms with E-state index in [9.17, 15) is 9.59 Å². The van der Waals surface area contributed by atoms with Gasteiger partial charge in [-0.2, -0.15) is 0 Å². The van der Waals surface area contributed by atoms with Gasteiger partial charge in [-0.15, -0.1) is 5.10 Å². The molecule has 0 aliphatic carbocycles. The lowest BCUT2D eigenvalue weighted by atomic mass is 10.2. The predicted octanol–water partition coefficient (Wildman–Crippen LogP) is -1.28. The van der Waals surface area contributed by atoms with Crippen molar-refractivity contribution in [3.63, 3.8) is 0 Å². The Hall–Kier alpha value is -1.96. The molecule has 0 saturated heterocycles. The summed E-state index contributed by atoms with van der Waals surface area (Å²) in [5.41, 5.74) is 5.94. The number of aromatic nitrogens is 3. The Balaban J connectivity index is 2.41. The summed E-state index contributed by atoms with van der Waals surface area (Å²) in [5, 5.41) is 18.5. The number of nitrogens with one attached hydrogen (secondary N) is 1. The molecule has 1 rings (SSSR count). The number of nitrogens with two attached hydrogens (primary N) is 1. The van der Waals surface area contributed by atoms with Crippen LogP contribution in [0, 0.1) is 0 Å². The Bertz CT molecular complexity index is 403. The molecule has 8 heteroatoms. The molecule has 0 aliphatic heterocycles. The van der Waals surface area contributed by atoms with Crippen molar-refractivity contribution in [3.8, 4) is 0 Å². The van der Waals surface area contributed by atoms with Crippen molar-refractivity contribution in [1.29, 1.82) is 0 Å². The first-order valence-corrected chi connectivity index (χ1v) is 5.11. The van der Waals surface area contributed by atoms with Crippen LogP contribution in [0.3, 0.4) is 0 Å². The van der Waals surface area contributed by atoms with Gasteiger partial charge in [0.15, 0.2) is 0 Å². The van der Waals surface area contributed by atoms with Crippen LogP contribution in [-0.4, -0.2) is 38.0 Å². The lowest BCUT2D eigenvalue weighted by molar-refractivity contribution is -0.137. The first kappa shape index (κ1) is 13.1. The second-order valence-corrected chi connectivity index (χ2v) is 3.68. The summed E-state index contributed by atoms with van der Waals surface area (Å²) in [6.07, 6.45) is 1.46. The summed E-state index contributed by atoms with van der Waals surface area (Å²) in [6, 6.07) is -0.419. The molecule has 1 unspecified atom stereocenters. The van der Waals surface area contributed by atoms with Gasteiger partial charge < -0.3 is 16.2 Å². The quantitative estimate of drug-likeness (QED) is 0.569. The lowest BCUT2D eigenvalue weighted by Gasteiger charge is -2.10. The largest absolute Gasteiger partial charge is 0.481 e. The van der Waals surface area contributed by atoms with Crippen LogP contribution in [-0.2, 0) is 22.7 Å². The van der Waals surface area contributed by atoms with Crippen molar-refractivity contribution < 1.29 is 14.7 Å². The highest BCUT2D eigenvalue weighted by molar-refractivity contribution is 5.77. The van der Waals surface area contributed by atoms with Gasteiger partial charge in [0.1, 0.15) is 6.54 Å². The summed E-state index contributed by atoms with van der Waals surface area (Å²) in [4.78, 5) is 21.9. The van der Waals surface area contributed by atoms with Crippen LogP contribution >= 0.6 is 0 Å². The average Bonchev–Trinajstić information content (AvgIpc) is 2.63. The smallest absolute Gasteiger partial charge is 0.305 e. The Morgan fingerprint density at radius 2 is 2.35 bits per heavy atom. The number of carboxylic acid groups (broad SMARTS) is 1. The topological polar surface area (TPSA) is 123 Å². The van der Waals surface area contributed by atoms with E-state index in [0.29, 0.717) is 5.69 Å². The highest BCUT2D eigenvalue weighted by Crippen LogP contribution is 1.93. The SMILES string of the molecule is CC(CC(=O)O)NC(=O)Cn1cc(CN)nn1. The van der Waals surface area contributed by atoms with E-state index in [1.807, 2.05) is 0 Å². The van der Waals surface area contributed by atoms with Gasteiger partial charge in [-0.3, -0.25) is 9.59 Å². The van der Waals surface area contributed by atoms with Crippen LogP contribution in [0.25, 0.3) is 0 Å². The maximum atomic E-state index is 11.5. The first-order chi connectivity index (χ1) is 8.01. The van der Waals surface area contributed by atoms with Crippen molar-refractivity contribution >= 4 is 11.9 Å². The third-order valence-electron chi connectivity index (χ3n) is 1.99. The first-order valence-electron chi connectivity index (χ1n) is 5.11. The highest BCUT2D eigenvalue weighted by Gasteiger charge is 2.11. The van der Waals surface area contributed by atoms with Crippen LogP contribution in [0.4, 0.5) is 0 Å². The Morgan fingerprint density at radius 3 is 2.88 bits per heavy atom. The van der Waals surface area contributed by atoms with Gasteiger partial charge in [-0.05, 0) is 6.92 Å². The minimum atomic E-state index is -0.955. The molecule has 0 fully saturated rings. The number of amides is 1. The van der Waals surface area contributed by atoms with Gasteiger partial charge in [-0.25, -0.2) is 4.68 Å². The van der Waals surface area contributed by atoms with Gasteiger partial charge in [0, 0.05) is 12.6 Å². The number of carbonyl (C=O) groups excluding carboxylic acids is 1. The van der Waals surface area contributed by atoms with Crippen LogP contribution < -0.4 is 11.1 Å². The van der Waals surface area contributed by atoms with Gasteiger partial charge in [0.05, 0.1) is 18.3 Å². The fraction of sp³-hybridized carbons (Fsp3) is 0.556. The van der Waals surface area contributed by atoms with E-state index in [1.165, 1.54) is 4.68 Å². The number of rotatable bonds is 6. The van der Waals surface area contributed by atoms with E-state index in [2.05, 4.69) is 15.6 Å². The number of hydrogen-bond donors (Lipinski definition) is 3. The molecular weight excluding hydrogens is 226 g/mol. The zero-order chi connectivity index (χ0) is 12.8. The summed E-state index contributed by atoms with van der Waals surface area (Å²) in [7, 11) is 0. The van der Waals surface area contributed by atoms with Crippen LogP contribution in [0.2, 0.25) is 0 Å². The number of hydrogen-bond acceptors (Lipinski definition) is 5. The van der Waals surface area contributed by atoms with Crippen molar-refractivity contribution in [2.45, 2.75) is 32.5 Å². The Kier molecular flexibility index (Phi) is 4.58. The molecule has 0 spiro atoms. The van der Waals surface area contributed by atoms with Crippen molar-refractivity contribution in [2.75, 3.05) is 0 Å². The van der Waals surface area contributed by atoms with E-state index >= 15 is 0 Å². The maximum Gasteiger partial charge on any atom is 0.305 e. The van der Waals surface area contributed by atoms with Crippen molar-refractivity contribution in [3.05, 3.63) is 11.9 Å². The van der Waals surface area contributed by atoms with Gasteiger partial charge in [-0.1, -0.05) is 5.21 Å². The van der Waals surface area contributed by atoms with Crippen LogP contribution in [0.1, 0.15) is 19.0 Å². The highest BCUT2D eigenvalue weighted by atomic mass is 16.4. The van der Waals surface area contributed by atoms with Crippen LogP contribution in [0.15, 0.2) is 6.20 Å². The van der Waals surface area contributed by atoms with Crippen molar-refractivity contribution in [2.24, 2.45) is 5.73 Å². The van der Waals surface area contributed by atoms with E-state index < -0.39 is 12.0 Å². The van der Waals surface area contributed by atoms with Gasteiger partial charge >= 0.3 is 5.97 Å². The molecule has 4 N–H and O–H groups in total. The molecule has 94 valence electrons. The van der Waals surface area contributed by atoms with E-state index in [0.717, 1.165) is 0 Å². The van der Waals surface area contributed by atoms with Crippen LogP contribution in [0.5, 0.6) is 0 Å². The standard InChI is InChI=1S/C9H15N5O3/c1-6(2-9(16)17)11-8(15)5-14-4-7(3-10)12-13-14/h4,6H,2-3,5,10H2,1H3,(H,11,15)(H,16,17). The maximum absolute atomic E-state index is 11.5. The normalized spacial score (nSPS) is 12.1. The fourth-order valence-electron chi connectivity index (χ4n) is 1.29. The molecule has 1 amide bonds. The van der Waals surface area contributed by atoms with Crippen molar-refractivity contribution in [1.82, 2.24) is 20.3 Å². The fourth-order valence-corrected chi connectivity index (χ4v) is 1.29. The van der Waals surface area contributed by atoms with E-state index in [4.69, 9.17) is 10.8 Å². The molecule has 1 atom stereocenters. The molecule has 0 bridgehead atoms. The molecule has 1 aromatic heterocycles. The lowest BCUT2D eigenvalue weighted by Crippen LogP contribution is -2.36. The molecule has 1 heterocycles. The van der Waals surface area contributed by atoms with Gasteiger partial charge in [0.25, 0.3) is 0 Å². The number of aliphatic carboxylic acids is 1.